The molecule has 0 aliphatic carbocycles. The summed E-state index contributed by atoms with van der Waals surface area (Å²) in [6.45, 7) is 5.93. The average Bonchev–Trinajstić information content (AvgIpc) is 3.02. The number of rotatable bonds is 4. The van der Waals surface area contributed by atoms with Crippen LogP contribution in [0.2, 0.25) is 0 Å². The molecule has 2 N–H and O–H groups in total. The van der Waals surface area contributed by atoms with Crippen molar-refractivity contribution < 1.29 is 18.3 Å². The second kappa shape index (κ2) is 8.05. The largest absolute Gasteiger partial charge is 0.497 e. The summed E-state index contributed by atoms with van der Waals surface area (Å²) in [4.78, 5) is 11.7. The minimum absolute atomic E-state index is 0.138. The molecule has 1 aromatic carbocycles. The molecule has 2 heterocycles. The first kappa shape index (κ1) is 20.5. The fourth-order valence-corrected chi connectivity index (χ4v) is 5.25. The van der Waals surface area contributed by atoms with E-state index in [1.165, 1.54) is 35.8 Å². The molecule has 8 heteroatoms. The molecule has 2 aliphatic rings. The Hall–Kier alpha value is -2.19. The average molecular weight is 407 g/mol. The molecule has 0 aromatic heterocycles. The summed E-state index contributed by atoms with van der Waals surface area (Å²) < 4.78 is 33.4. The lowest BCUT2D eigenvalue weighted by Gasteiger charge is -2.45. The Morgan fingerprint density at radius 2 is 2.11 bits per heavy atom. The quantitative estimate of drug-likeness (QED) is 0.825. The molecule has 2 aliphatic heterocycles. The maximum Gasteiger partial charge on any atom is 0.241 e. The first-order chi connectivity index (χ1) is 13.3. The Kier molecular flexibility index (Phi) is 5.90. The third kappa shape index (κ3) is 3.46. The first-order valence-electron chi connectivity index (χ1n) is 9.05. The lowest BCUT2D eigenvalue weighted by molar-refractivity contribution is -0.133. The summed E-state index contributed by atoms with van der Waals surface area (Å²) in [5.74, 6) is -1.11. The van der Waals surface area contributed by atoms with Crippen molar-refractivity contribution in [1.82, 2.24) is 5.01 Å². The van der Waals surface area contributed by atoms with Crippen molar-refractivity contribution >= 4 is 22.7 Å². The van der Waals surface area contributed by atoms with Gasteiger partial charge >= 0.3 is 0 Å². The zero-order chi connectivity index (χ0) is 20.5. The predicted molar refractivity (Wildman–Crippen MR) is 106 cm³/mol. The number of hydrogen-bond acceptors (Lipinski definition) is 5. The second-order valence-electron chi connectivity index (χ2n) is 6.75. The summed E-state index contributed by atoms with van der Waals surface area (Å²) in [5.41, 5.74) is 6.93. The maximum absolute atomic E-state index is 13.8. The molecule has 0 fully saturated rings. The SMILES string of the molecule is C/C=C\C1=C(C)OCC(CCN)[C@@]12SC(c1cc(F)cc(F)c1)=NN2C(C)=O. The van der Waals surface area contributed by atoms with Gasteiger partial charge in [-0.25, -0.2) is 13.8 Å². The number of thioether (sulfide) groups is 1. The molecule has 28 heavy (non-hydrogen) atoms. The Morgan fingerprint density at radius 3 is 2.68 bits per heavy atom. The fraction of sp³-hybridized carbons (Fsp3) is 0.400. The molecule has 1 unspecified atom stereocenters. The minimum Gasteiger partial charge on any atom is -0.497 e. The third-order valence-electron chi connectivity index (χ3n) is 4.83. The van der Waals surface area contributed by atoms with Gasteiger partial charge < -0.3 is 10.5 Å². The Balaban J connectivity index is 2.18. The number of ether oxygens (including phenoxy) is 1. The van der Waals surface area contributed by atoms with E-state index in [1.54, 1.807) is 0 Å². The van der Waals surface area contributed by atoms with Crippen LogP contribution in [0.3, 0.4) is 0 Å². The number of hydrogen-bond donors (Lipinski definition) is 1. The highest BCUT2D eigenvalue weighted by Crippen LogP contribution is 2.53. The van der Waals surface area contributed by atoms with Gasteiger partial charge in [0.15, 0.2) is 4.87 Å². The van der Waals surface area contributed by atoms with Gasteiger partial charge in [-0.05, 0) is 38.9 Å². The number of hydrazone groups is 1. The highest BCUT2D eigenvalue weighted by atomic mass is 32.2. The number of allylic oxidation sites excluding steroid dienone is 2. The molecule has 5 nitrogen and oxygen atoms in total. The molecule has 1 aromatic rings. The number of carbonyl (C=O) groups is 1. The Morgan fingerprint density at radius 1 is 1.43 bits per heavy atom. The van der Waals surface area contributed by atoms with E-state index in [9.17, 15) is 13.6 Å². The summed E-state index contributed by atoms with van der Waals surface area (Å²) in [6.07, 6.45) is 4.37. The first-order valence-corrected chi connectivity index (χ1v) is 9.87. The molecule has 2 atom stereocenters. The van der Waals surface area contributed by atoms with Crippen molar-refractivity contribution in [1.29, 1.82) is 0 Å². The maximum atomic E-state index is 13.8. The summed E-state index contributed by atoms with van der Waals surface area (Å²) in [7, 11) is 0. The van der Waals surface area contributed by atoms with Crippen molar-refractivity contribution in [3.63, 3.8) is 0 Å². The number of nitrogens with two attached hydrogens (primary N) is 1. The van der Waals surface area contributed by atoms with Gasteiger partial charge in [0.2, 0.25) is 5.91 Å². The smallest absolute Gasteiger partial charge is 0.241 e. The molecule has 1 amide bonds. The van der Waals surface area contributed by atoms with Gasteiger partial charge in [0.05, 0.1) is 12.4 Å². The van der Waals surface area contributed by atoms with Gasteiger partial charge in [-0.3, -0.25) is 4.79 Å². The Bertz CT molecular complexity index is 864. The number of benzene rings is 1. The molecule has 0 saturated carbocycles. The van der Waals surface area contributed by atoms with E-state index in [0.29, 0.717) is 35.9 Å². The van der Waals surface area contributed by atoms with Gasteiger partial charge in [0.25, 0.3) is 0 Å². The molecular weight excluding hydrogens is 384 g/mol. The van der Waals surface area contributed by atoms with Gasteiger partial charge in [0, 0.05) is 30.0 Å². The van der Waals surface area contributed by atoms with E-state index < -0.39 is 16.5 Å². The van der Waals surface area contributed by atoms with Crippen LogP contribution in [0.4, 0.5) is 8.78 Å². The molecular formula is C20H23F2N3O2S. The van der Waals surface area contributed by atoms with E-state index >= 15 is 0 Å². The minimum atomic E-state index is -0.877. The van der Waals surface area contributed by atoms with Gasteiger partial charge in [0.1, 0.15) is 16.7 Å². The zero-order valence-electron chi connectivity index (χ0n) is 16.0. The normalized spacial score (nSPS) is 24.9. The van der Waals surface area contributed by atoms with Gasteiger partial charge in [-0.2, -0.15) is 5.10 Å². The number of amides is 1. The zero-order valence-corrected chi connectivity index (χ0v) is 16.9. The van der Waals surface area contributed by atoms with E-state index in [4.69, 9.17) is 10.5 Å². The standard InChI is InChI=1S/C20H23F2N3O2S/c1-4-5-18-12(2)27-11-15(6-7-23)20(18)25(13(3)26)24-19(28-20)14-8-16(21)10-17(22)9-14/h4-5,8-10,15H,6-7,11,23H2,1-3H3/b5-4-/t15?,20-/m1/s1. The van der Waals surface area contributed by atoms with Crippen LogP contribution in [-0.2, 0) is 9.53 Å². The third-order valence-corrected chi connectivity index (χ3v) is 6.38. The van der Waals surface area contributed by atoms with E-state index in [0.717, 1.165) is 11.6 Å². The van der Waals surface area contributed by atoms with Crippen molar-refractivity contribution in [2.75, 3.05) is 13.2 Å². The van der Waals surface area contributed by atoms with Crippen LogP contribution in [0.1, 0.15) is 32.8 Å². The van der Waals surface area contributed by atoms with Crippen molar-refractivity contribution in [2.24, 2.45) is 16.8 Å². The number of nitrogens with zero attached hydrogens (tertiary/aromatic N) is 2. The topological polar surface area (TPSA) is 67.9 Å². The highest BCUT2D eigenvalue weighted by molar-refractivity contribution is 8.16. The van der Waals surface area contributed by atoms with E-state index in [2.05, 4.69) is 5.10 Å². The number of halogens is 2. The van der Waals surface area contributed by atoms with Crippen LogP contribution in [0.15, 0.2) is 46.8 Å². The summed E-state index contributed by atoms with van der Waals surface area (Å²) in [6, 6.07) is 3.24. The monoisotopic (exact) mass is 407 g/mol. The van der Waals surface area contributed by atoms with E-state index in [-0.39, 0.29) is 11.8 Å². The lowest BCUT2D eigenvalue weighted by Crippen LogP contribution is -2.54. The highest BCUT2D eigenvalue weighted by Gasteiger charge is 2.56. The van der Waals surface area contributed by atoms with E-state index in [1.807, 2.05) is 26.0 Å². The molecule has 1 spiro atoms. The van der Waals surface area contributed by atoms with Crippen LogP contribution < -0.4 is 5.73 Å². The summed E-state index contributed by atoms with van der Waals surface area (Å²) >= 11 is 1.32. The summed E-state index contributed by atoms with van der Waals surface area (Å²) in [5, 5.41) is 6.28. The predicted octanol–water partition coefficient (Wildman–Crippen LogP) is 3.76. The fourth-order valence-electron chi connectivity index (χ4n) is 3.67. The molecule has 0 radical (unpaired) electrons. The van der Waals surface area contributed by atoms with Crippen LogP contribution in [-0.4, -0.2) is 34.0 Å². The molecule has 0 bridgehead atoms. The van der Waals surface area contributed by atoms with Gasteiger partial charge in [-0.15, -0.1) is 0 Å². The molecule has 150 valence electrons. The van der Waals surface area contributed by atoms with Crippen molar-refractivity contribution in [3.05, 3.63) is 58.9 Å². The lowest BCUT2D eigenvalue weighted by atomic mass is 9.86. The van der Waals surface area contributed by atoms with Gasteiger partial charge in [-0.1, -0.05) is 23.9 Å². The van der Waals surface area contributed by atoms with Crippen molar-refractivity contribution in [3.8, 4) is 0 Å². The molecule has 3 rings (SSSR count). The van der Waals surface area contributed by atoms with Crippen LogP contribution in [0.25, 0.3) is 0 Å². The van der Waals surface area contributed by atoms with Crippen molar-refractivity contribution in [2.45, 2.75) is 32.1 Å². The van der Waals surface area contributed by atoms with Crippen LogP contribution >= 0.6 is 11.8 Å². The van der Waals surface area contributed by atoms with Crippen LogP contribution in [0.5, 0.6) is 0 Å². The second-order valence-corrected chi connectivity index (χ2v) is 7.96. The van der Waals surface area contributed by atoms with Crippen LogP contribution in [0, 0.1) is 17.6 Å². The Labute approximate surface area is 167 Å². The molecule has 0 saturated heterocycles. The number of carbonyl (C=O) groups excluding carboxylic acids is 1.